The Morgan fingerprint density at radius 1 is 0.967 bits per heavy atom. The van der Waals surface area contributed by atoms with Gasteiger partial charge in [-0.2, -0.15) is 5.10 Å². The van der Waals surface area contributed by atoms with Crippen molar-refractivity contribution in [1.82, 2.24) is 5.43 Å². The molecule has 1 N–H and O–H groups in total. The number of carbonyl (C=O) groups is 1. The maximum absolute atomic E-state index is 12.1. The molecule has 0 bridgehead atoms. The van der Waals surface area contributed by atoms with E-state index in [1.807, 2.05) is 24.3 Å². The van der Waals surface area contributed by atoms with Crippen LogP contribution in [-0.2, 0) is 6.61 Å². The van der Waals surface area contributed by atoms with Gasteiger partial charge in [-0.25, -0.2) is 5.43 Å². The molecule has 154 valence electrons. The van der Waals surface area contributed by atoms with E-state index in [9.17, 15) is 4.79 Å². The van der Waals surface area contributed by atoms with E-state index in [-0.39, 0.29) is 0 Å². The van der Waals surface area contributed by atoms with Crippen molar-refractivity contribution in [2.75, 3.05) is 7.11 Å². The minimum absolute atomic E-state index is 0.297. The molecule has 0 aliphatic carbocycles. The second-order valence-electron chi connectivity index (χ2n) is 6.12. The molecule has 0 saturated carbocycles. The van der Waals surface area contributed by atoms with E-state index in [0.717, 1.165) is 5.56 Å². The second-order valence-corrected chi connectivity index (χ2v) is 7.34. The molecule has 3 aromatic rings. The van der Waals surface area contributed by atoms with Crippen LogP contribution >= 0.6 is 34.8 Å². The summed E-state index contributed by atoms with van der Waals surface area (Å²) in [6.45, 7) is 0.309. The van der Waals surface area contributed by atoms with Gasteiger partial charge in [-0.15, -0.1) is 0 Å². The maximum atomic E-state index is 12.1. The first-order valence-electron chi connectivity index (χ1n) is 8.80. The van der Waals surface area contributed by atoms with Crippen LogP contribution in [0.15, 0.2) is 65.8 Å². The number of nitrogens with one attached hydrogen (secondary N) is 1. The summed E-state index contributed by atoms with van der Waals surface area (Å²) in [5.74, 6) is 0.688. The highest BCUT2D eigenvalue weighted by atomic mass is 35.5. The van der Waals surface area contributed by atoms with Crippen LogP contribution in [0.3, 0.4) is 0 Å². The molecule has 8 heteroatoms. The predicted molar refractivity (Wildman–Crippen MR) is 120 cm³/mol. The summed E-state index contributed by atoms with van der Waals surface area (Å²) in [4.78, 5) is 12.1. The third kappa shape index (κ3) is 5.66. The average Bonchev–Trinajstić information content (AvgIpc) is 2.75. The summed E-state index contributed by atoms with van der Waals surface area (Å²) >= 11 is 17.9. The molecular formula is C22H17Cl3N2O3. The monoisotopic (exact) mass is 462 g/mol. The van der Waals surface area contributed by atoms with Crippen LogP contribution in [0.5, 0.6) is 11.5 Å². The summed E-state index contributed by atoms with van der Waals surface area (Å²) in [6.07, 6.45) is 1.50. The summed E-state index contributed by atoms with van der Waals surface area (Å²) in [5.41, 5.74) is 4.38. The molecule has 0 spiro atoms. The SMILES string of the molecule is COc1cc(/C=N\NC(=O)c2ccc(Cl)c(Cl)c2)ccc1OCc1ccccc1Cl. The van der Waals surface area contributed by atoms with Crippen LogP contribution < -0.4 is 14.9 Å². The number of hydrogen-bond donors (Lipinski definition) is 1. The average molecular weight is 464 g/mol. The number of benzene rings is 3. The van der Waals surface area contributed by atoms with Gasteiger partial charge in [0.1, 0.15) is 6.61 Å². The first-order chi connectivity index (χ1) is 14.5. The molecule has 1 amide bonds. The van der Waals surface area contributed by atoms with Gasteiger partial charge in [0, 0.05) is 16.1 Å². The zero-order valence-corrected chi connectivity index (χ0v) is 18.1. The van der Waals surface area contributed by atoms with Gasteiger partial charge in [0.15, 0.2) is 11.5 Å². The molecule has 0 heterocycles. The number of nitrogens with zero attached hydrogens (tertiary/aromatic N) is 1. The largest absolute Gasteiger partial charge is 0.493 e. The summed E-state index contributed by atoms with van der Waals surface area (Å²) in [7, 11) is 1.55. The van der Waals surface area contributed by atoms with Gasteiger partial charge in [0.05, 0.1) is 23.4 Å². The van der Waals surface area contributed by atoms with Gasteiger partial charge in [-0.1, -0.05) is 53.0 Å². The molecule has 3 aromatic carbocycles. The van der Waals surface area contributed by atoms with Crippen molar-refractivity contribution in [1.29, 1.82) is 0 Å². The predicted octanol–water partition coefficient (Wildman–Crippen LogP) is 6.00. The highest BCUT2D eigenvalue weighted by Crippen LogP contribution is 2.29. The van der Waals surface area contributed by atoms with E-state index in [1.54, 1.807) is 37.4 Å². The quantitative estimate of drug-likeness (QED) is 0.345. The molecule has 0 aliphatic rings. The van der Waals surface area contributed by atoms with Crippen molar-refractivity contribution >= 4 is 46.9 Å². The standard InChI is InChI=1S/C22H17Cl3N2O3/c1-29-21-10-14(6-9-20(21)30-13-16-4-2-3-5-17(16)23)12-26-27-22(28)15-7-8-18(24)19(25)11-15/h2-12H,13H2,1H3,(H,27,28)/b26-12-. The Hall–Kier alpha value is -2.73. The van der Waals surface area contributed by atoms with Gasteiger partial charge in [-0.3, -0.25) is 4.79 Å². The van der Waals surface area contributed by atoms with E-state index in [4.69, 9.17) is 44.3 Å². The maximum Gasteiger partial charge on any atom is 0.271 e. The van der Waals surface area contributed by atoms with E-state index in [1.165, 1.54) is 12.3 Å². The fourth-order valence-electron chi connectivity index (χ4n) is 2.52. The molecule has 0 aliphatic heterocycles. The Balaban J connectivity index is 1.64. The number of amides is 1. The summed E-state index contributed by atoms with van der Waals surface area (Å²) in [5, 5.41) is 5.28. The van der Waals surface area contributed by atoms with Crippen LogP contribution in [0, 0.1) is 0 Å². The van der Waals surface area contributed by atoms with E-state index >= 15 is 0 Å². The van der Waals surface area contributed by atoms with Gasteiger partial charge in [-0.05, 0) is 48.0 Å². The molecular weight excluding hydrogens is 447 g/mol. The van der Waals surface area contributed by atoms with Crippen LogP contribution in [0.25, 0.3) is 0 Å². The van der Waals surface area contributed by atoms with Crippen LogP contribution in [0.2, 0.25) is 15.1 Å². The number of halogens is 3. The smallest absolute Gasteiger partial charge is 0.271 e. The third-order valence-electron chi connectivity index (χ3n) is 4.09. The lowest BCUT2D eigenvalue weighted by atomic mass is 10.2. The molecule has 0 atom stereocenters. The number of carbonyl (C=O) groups excluding carboxylic acids is 1. The molecule has 0 unspecified atom stereocenters. The highest BCUT2D eigenvalue weighted by molar-refractivity contribution is 6.42. The van der Waals surface area contributed by atoms with E-state index in [2.05, 4.69) is 10.5 Å². The zero-order valence-electron chi connectivity index (χ0n) is 15.9. The van der Waals surface area contributed by atoms with Gasteiger partial charge in [0.2, 0.25) is 0 Å². The minimum Gasteiger partial charge on any atom is -0.493 e. The van der Waals surface area contributed by atoms with Crippen molar-refractivity contribution in [3.05, 3.63) is 92.4 Å². The highest BCUT2D eigenvalue weighted by Gasteiger charge is 2.09. The molecule has 0 saturated heterocycles. The first-order valence-corrected chi connectivity index (χ1v) is 9.94. The van der Waals surface area contributed by atoms with Gasteiger partial charge >= 0.3 is 0 Å². The fraction of sp³-hybridized carbons (Fsp3) is 0.0909. The molecule has 0 fully saturated rings. The van der Waals surface area contributed by atoms with E-state index < -0.39 is 5.91 Å². The van der Waals surface area contributed by atoms with Gasteiger partial charge in [0.25, 0.3) is 5.91 Å². The number of methoxy groups -OCH3 is 1. The zero-order chi connectivity index (χ0) is 21.5. The Morgan fingerprint density at radius 2 is 1.77 bits per heavy atom. The minimum atomic E-state index is -0.406. The lowest BCUT2D eigenvalue weighted by molar-refractivity contribution is 0.0955. The summed E-state index contributed by atoms with van der Waals surface area (Å²) < 4.78 is 11.2. The van der Waals surface area contributed by atoms with E-state index in [0.29, 0.717) is 44.3 Å². The molecule has 0 radical (unpaired) electrons. The van der Waals surface area contributed by atoms with Crippen LogP contribution in [0.4, 0.5) is 0 Å². The van der Waals surface area contributed by atoms with Crippen molar-refractivity contribution in [3.8, 4) is 11.5 Å². The molecule has 3 rings (SSSR count). The first kappa shape index (κ1) is 22.0. The lowest BCUT2D eigenvalue weighted by Crippen LogP contribution is -2.17. The third-order valence-corrected chi connectivity index (χ3v) is 5.20. The lowest BCUT2D eigenvalue weighted by Gasteiger charge is -2.12. The van der Waals surface area contributed by atoms with Crippen molar-refractivity contribution in [2.24, 2.45) is 5.10 Å². The topological polar surface area (TPSA) is 59.9 Å². The molecule has 5 nitrogen and oxygen atoms in total. The Labute approximate surface area is 189 Å². The number of ether oxygens (including phenoxy) is 2. The Bertz CT molecular complexity index is 1090. The van der Waals surface area contributed by atoms with Crippen molar-refractivity contribution < 1.29 is 14.3 Å². The number of hydrogen-bond acceptors (Lipinski definition) is 4. The molecule has 0 aromatic heterocycles. The van der Waals surface area contributed by atoms with Crippen LogP contribution in [0.1, 0.15) is 21.5 Å². The normalized spacial score (nSPS) is 10.8. The number of rotatable bonds is 7. The van der Waals surface area contributed by atoms with Gasteiger partial charge < -0.3 is 9.47 Å². The summed E-state index contributed by atoms with van der Waals surface area (Å²) in [6, 6.07) is 17.4. The number of hydrazone groups is 1. The fourth-order valence-corrected chi connectivity index (χ4v) is 3.01. The second kappa shape index (κ2) is 10.3. The molecule has 30 heavy (non-hydrogen) atoms. The Morgan fingerprint density at radius 3 is 2.50 bits per heavy atom. The van der Waals surface area contributed by atoms with Crippen molar-refractivity contribution in [3.63, 3.8) is 0 Å². The Kier molecular flexibility index (Phi) is 7.57. The van der Waals surface area contributed by atoms with Crippen LogP contribution in [-0.4, -0.2) is 19.2 Å². The van der Waals surface area contributed by atoms with Crippen molar-refractivity contribution in [2.45, 2.75) is 6.61 Å².